The van der Waals surface area contributed by atoms with Crippen LogP contribution < -0.4 is 4.74 Å². The molecule has 1 aromatic heterocycles. The minimum atomic E-state index is -0.135. The van der Waals surface area contributed by atoms with Gasteiger partial charge in [-0.1, -0.05) is 17.7 Å². The van der Waals surface area contributed by atoms with Crippen molar-refractivity contribution < 1.29 is 9.84 Å². The van der Waals surface area contributed by atoms with Crippen LogP contribution in [0.3, 0.4) is 0 Å². The molecule has 1 heterocycles. The maximum absolute atomic E-state index is 8.84. The molecule has 0 spiro atoms. The van der Waals surface area contributed by atoms with Gasteiger partial charge in [0.25, 0.3) is 0 Å². The molecular formula is C12H11ClN2O2. The Morgan fingerprint density at radius 1 is 1.29 bits per heavy atom. The summed E-state index contributed by atoms with van der Waals surface area (Å²) in [5.74, 6) is 1.01. The molecule has 5 heteroatoms. The van der Waals surface area contributed by atoms with Crippen molar-refractivity contribution in [1.82, 2.24) is 9.97 Å². The Balaban J connectivity index is 2.22. The van der Waals surface area contributed by atoms with Crippen LogP contribution in [0.25, 0.3) is 0 Å². The zero-order valence-corrected chi connectivity index (χ0v) is 9.98. The number of hydrogen-bond acceptors (Lipinski definition) is 4. The average molecular weight is 251 g/mol. The van der Waals surface area contributed by atoms with Crippen molar-refractivity contribution in [1.29, 1.82) is 0 Å². The molecule has 17 heavy (non-hydrogen) atoms. The summed E-state index contributed by atoms with van der Waals surface area (Å²) in [4.78, 5) is 8.00. The fourth-order valence-electron chi connectivity index (χ4n) is 1.27. The summed E-state index contributed by atoms with van der Waals surface area (Å²) in [6.07, 6.45) is 2.93. The summed E-state index contributed by atoms with van der Waals surface area (Å²) >= 11 is 5.88. The highest BCUT2D eigenvalue weighted by molar-refractivity contribution is 6.30. The highest BCUT2D eigenvalue weighted by Gasteiger charge is 2.04. The van der Waals surface area contributed by atoms with Crippen LogP contribution >= 0.6 is 11.6 Å². The number of halogens is 1. The second-order valence-electron chi connectivity index (χ2n) is 3.52. The molecule has 0 bridgehead atoms. The minimum Gasteiger partial charge on any atom is -0.437 e. The van der Waals surface area contributed by atoms with Gasteiger partial charge in [0.05, 0.1) is 24.7 Å². The van der Waals surface area contributed by atoms with Crippen LogP contribution in [0.4, 0.5) is 0 Å². The molecule has 0 saturated heterocycles. The number of aliphatic hydroxyl groups is 1. The van der Waals surface area contributed by atoms with Gasteiger partial charge in [0.1, 0.15) is 5.75 Å². The van der Waals surface area contributed by atoms with Gasteiger partial charge in [-0.15, -0.1) is 0 Å². The third-order valence-corrected chi connectivity index (χ3v) is 2.44. The fourth-order valence-corrected chi connectivity index (χ4v) is 1.44. The molecule has 0 aliphatic rings. The number of hydrogen-bond donors (Lipinski definition) is 1. The predicted molar refractivity (Wildman–Crippen MR) is 64.2 cm³/mol. The van der Waals surface area contributed by atoms with Crippen LogP contribution in [0.2, 0.25) is 5.02 Å². The van der Waals surface area contributed by atoms with E-state index in [1.54, 1.807) is 12.1 Å². The van der Waals surface area contributed by atoms with E-state index in [1.165, 1.54) is 12.4 Å². The molecule has 88 valence electrons. The van der Waals surface area contributed by atoms with E-state index >= 15 is 0 Å². The number of nitrogens with zero attached hydrogens (tertiary/aromatic N) is 2. The summed E-state index contributed by atoms with van der Waals surface area (Å²) in [5, 5.41) is 9.44. The maximum atomic E-state index is 8.84. The number of ether oxygens (including phenoxy) is 1. The Morgan fingerprint density at radius 3 is 2.76 bits per heavy atom. The lowest BCUT2D eigenvalue weighted by molar-refractivity contribution is 0.276. The van der Waals surface area contributed by atoms with E-state index in [0.29, 0.717) is 22.3 Å². The number of benzene rings is 1. The normalized spacial score (nSPS) is 10.3. The third-order valence-electron chi connectivity index (χ3n) is 2.21. The van der Waals surface area contributed by atoms with Gasteiger partial charge in [-0.3, -0.25) is 4.98 Å². The van der Waals surface area contributed by atoms with Crippen LogP contribution in [0.15, 0.2) is 30.6 Å². The van der Waals surface area contributed by atoms with Crippen LogP contribution in [0.1, 0.15) is 11.3 Å². The molecule has 0 amide bonds. The summed E-state index contributed by atoms with van der Waals surface area (Å²) in [5.41, 5.74) is 1.46. The summed E-state index contributed by atoms with van der Waals surface area (Å²) in [7, 11) is 0. The monoisotopic (exact) mass is 250 g/mol. The molecule has 0 fully saturated rings. The van der Waals surface area contributed by atoms with E-state index in [2.05, 4.69) is 9.97 Å². The van der Waals surface area contributed by atoms with Gasteiger partial charge in [0.2, 0.25) is 5.88 Å². The number of aryl methyl sites for hydroxylation is 1. The van der Waals surface area contributed by atoms with Gasteiger partial charge in [-0.05, 0) is 24.6 Å². The first-order valence-electron chi connectivity index (χ1n) is 5.05. The minimum absolute atomic E-state index is 0.135. The van der Waals surface area contributed by atoms with Gasteiger partial charge in [-0.25, -0.2) is 4.98 Å². The smallest absolute Gasteiger partial charge is 0.237 e. The lowest BCUT2D eigenvalue weighted by atomic mass is 10.2. The van der Waals surface area contributed by atoms with Crippen molar-refractivity contribution in [3.05, 3.63) is 46.9 Å². The van der Waals surface area contributed by atoms with E-state index in [1.807, 2.05) is 13.0 Å². The van der Waals surface area contributed by atoms with Crippen LogP contribution in [0.5, 0.6) is 11.6 Å². The first-order chi connectivity index (χ1) is 8.19. The number of aromatic nitrogens is 2. The second-order valence-corrected chi connectivity index (χ2v) is 3.95. The van der Waals surface area contributed by atoms with Crippen molar-refractivity contribution in [3.63, 3.8) is 0 Å². The van der Waals surface area contributed by atoms with E-state index in [-0.39, 0.29) is 6.61 Å². The van der Waals surface area contributed by atoms with E-state index in [4.69, 9.17) is 21.4 Å². The molecule has 0 unspecified atom stereocenters. The van der Waals surface area contributed by atoms with Crippen molar-refractivity contribution >= 4 is 11.6 Å². The first-order valence-corrected chi connectivity index (χ1v) is 5.42. The Bertz CT molecular complexity index is 514. The van der Waals surface area contributed by atoms with Gasteiger partial charge in [0.15, 0.2) is 0 Å². The largest absolute Gasteiger partial charge is 0.437 e. The van der Waals surface area contributed by atoms with Crippen molar-refractivity contribution in [3.8, 4) is 11.6 Å². The summed E-state index contributed by atoms with van der Waals surface area (Å²) in [6, 6.07) is 5.38. The zero-order valence-electron chi connectivity index (χ0n) is 9.22. The molecule has 4 nitrogen and oxygen atoms in total. The average Bonchev–Trinajstić information content (AvgIpc) is 2.35. The van der Waals surface area contributed by atoms with Gasteiger partial charge < -0.3 is 9.84 Å². The lowest BCUT2D eigenvalue weighted by Gasteiger charge is -2.07. The highest BCUT2D eigenvalue weighted by atomic mass is 35.5. The van der Waals surface area contributed by atoms with Crippen LogP contribution in [-0.4, -0.2) is 15.1 Å². The van der Waals surface area contributed by atoms with Gasteiger partial charge in [0, 0.05) is 5.02 Å². The standard InChI is InChI=1S/C12H11ClN2O2/c1-8-2-3-9(13)4-11(8)17-12-6-14-10(7-16)5-15-12/h2-6,16H,7H2,1H3. The molecule has 0 radical (unpaired) electrons. The predicted octanol–water partition coefficient (Wildman–Crippen LogP) is 2.72. The SMILES string of the molecule is Cc1ccc(Cl)cc1Oc1cnc(CO)cn1. The zero-order chi connectivity index (χ0) is 12.3. The van der Waals surface area contributed by atoms with E-state index in [0.717, 1.165) is 5.56 Å². The fraction of sp³-hybridized carbons (Fsp3) is 0.167. The topological polar surface area (TPSA) is 55.2 Å². The molecule has 0 aliphatic carbocycles. The van der Waals surface area contributed by atoms with E-state index in [9.17, 15) is 0 Å². The molecule has 2 aromatic rings. The molecule has 1 aromatic carbocycles. The number of rotatable bonds is 3. The quantitative estimate of drug-likeness (QED) is 0.910. The Kier molecular flexibility index (Phi) is 3.56. The molecule has 0 aliphatic heterocycles. The lowest BCUT2D eigenvalue weighted by Crippen LogP contribution is -1.94. The number of aliphatic hydroxyl groups excluding tert-OH is 1. The van der Waals surface area contributed by atoms with Crippen molar-refractivity contribution in [2.75, 3.05) is 0 Å². The molecular weight excluding hydrogens is 240 g/mol. The second kappa shape index (κ2) is 5.12. The Morgan fingerprint density at radius 2 is 2.12 bits per heavy atom. The van der Waals surface area contributed by atoms with E-state index < -0.39 is 0 Å². The summed E-state index contributed by atoms with van der Waals surface area (Å²) < 4.78 is 5.55. The Hall–Kier alpha value is -1.65. The molecule has 1 N–H and O–H groups in total. The van der Waals surface area contributed by atoms with Crippen LogP contribution in [0, 0.1) is 6.92 Å². The molecule has 2 rings (SSSR count). The van der Waals surface area contributed by atoms with Crippen molar-refractivity contribution in [2.24, 2.45) is 0 Å². The van der Waals surface area contributed by atoms with Gasteiger partial charge in [-0.2, -0.15) is 0 Å². The first kappa shape index (κ1) is 11.8. The van der Waals surface area contributed by atoms with Gasteiger partial charge >= 0.3 is 0 Å². The molecule has 0 atom stereocenters. The van der Waals surface area contributed by atoms with Crippen LogP contribution in [-0.2, 0) is 6.61 Å². The highest BCUT2D eigenvalue weighted by Crippen LogP contribution is 2.26. The third kappa shape index (κ3) is 2.93. The maximum Gasteiger partial charge on any atom is 0.237 e. The van der Waals surface area contributed by atoms with Crippen molar-refractivity contribution in [2.45, 2.75) is 13.5 Å². The molecule has 0 saturated carbocycles. The summed E-state index contributed by atoms with van der Waals surface area (Å²) in [6.45, 7) is 1.78. The Labute approximate surface area is 104 Å².